The van der Waals surface area contributed by atoms with Gasteiger partial charge in [0.2, 0.25) is 0 Å². The van der Waals surface area contributed by atoms with Crippen LogP contribution in [0.5, 0.6) is 5.75 Å². The number of alkyl halides is 2. The van der Waals surface area contributed by atoms with Crippen molar-refractivity contribution in [3.8, 4) is 11.4 Å². The number of hydrogen-bond donors (Lipinski definition) is 0. The molecule has 0 amide bonds. The van der Waals surface area contributed by atoms with E-state index in [1.807, 2.05) is 25.9 Å². The van der Waals surface area contributed by atoms with E-state index in [2.05, 4.69) is 0 Å². The van der Waals surface area contributed by atoms with E-state index in [1.165, 1.54) is 12.1 Å². The van der Waals surface area contributed by atoms with Gasteiger partial charge < -0.3 is 4.74 Å². The van der Waals surface area contributed by atoms with E-state index in [4.69, 9.17) is 21.3 Å². The molecule has 1 heterocycles. The summed E-state index contributed by atoms with van der Waals surface area (Å²) in [6, 6.07) is 9.51. The van der Waals surface area contributed by atoms with E-state index in [1.54, 1.807) is 28.8 Å². The van der Waals surface area contributed by atoms with Gasteiger partial charge in [-0.2, -0.15) is 8.78 Å². The summed E-state index contributed by atoms with van der Waals surface area (Å²) in [5.74, 6) is 0.506. The fourth-order valence-corrected chi connectivity index (χ4v) is 3.54. The lowest BCUT2D eigenvalue weighted by molar-refractivity contribution is -0.0498. The summed E-state index contributed by atoms with van der Waals surface area (Å²) in [6.45, 7) is -1.03. The highest BCUT2D eigenvalue weighted by atomic mass is 35.5. The zero-order valence-corrected chi connectivity index (χ0v) is 16.5. The first kappa shape index (κ1) is 20.2. The molecule has 1 atom stereocenters. The second-order valence-corrected chi connectivity index (χ2v) is 6.95. The van der Waals surface area contributed by atoms with Crippen LogP contribution in [0.2, 0.25) is 5.02 Å². The Balaban J connectivity index is 2.42. The van der Waals surface area contributed by atoms with Crippen LogP contribution in [0.4, 0.5) is 8.78 Å². The summed E-state index contributed by atoms with van der Waals surface area (Å²) in [7, 11) is 3.82. The molecule has 0 spiro atoms. The molecule has 0 fully saturated rings. The highest BCUT2D eigenvalue weighted by molar-refractivity contribution is 6.31. The minimum absolute atomic E-state index is 0.103. The highest BCUT2D eigenvalue weighted by Gasteiger charge is 2.26. The average Bonchev–Trinajstić information content (AvgIpc) is 2.99. The molecule has 0 unspecified atom stereocenters. The van der Waals surface area contributed by atoms with Crippen LogP contribution in [0.25, 0.3) is 16.7 Å². The molecule has 0 bridgehead atoms. The molecule has 0 saturated heterocycles. The number of fused-ring (bicyclic) bond motifs is 1. The van der Waals surface area contributed by atoms with Crippen molar-refractivity contribution in [2.75, 3.05) is 14.1 Å². The van der Waals surface area contributed by atoms with E-state index in [-0.39, 0.29) is 23.0 Å². The smallest absolute Gasteiger partial charge is 0.387 e. The van der Waals surface area contributed by atoms with Gasteiger partial charge in [-0.15, -0.1) is 0 Å². The number of aromatic nitrogens is 2. The number of carbonyl (C=O) groups excluding carboxylic acids is 1. The molecule has 8 heteroatoms. The van der Waals surface area contributed by atoms with Gasteiger partial charge in [-0.3, -0.25) is 14.3 Å². The summed E-state index contributed by atoms with van der Waals surface area (Å²) in [5, 5.41) is 0.470. The largest absolute Gasteiger partial charge is 0.433 e. The van der Waals surface area contributed by atoms with Crippen molar-refractivity contribution in [3.05, 3.63) is 52.8 Å². The maximum Gasteiger partial charge on any atom is 0.387 e. The Morgan fingerprint density at radius 3 is 2.64 bits per heavy atom. The zero-order valence-electron chi connectivity index (χ0n) is 15.7. The molecule has 3 rings (SSSR count). The molecular weight excluding hydrogens is 388 g/mol. The molecule has 0 aliphatic rings. The van der Waals surface area contributed by atoms with Gasteiger partial charge in [0.05, 0.1) is 17.1 Å². The van der Waals surface area contributed by atoms with E-state index in [9.17, 15) is 13.6 Å². The first-order valence-corrected chi connectivity index (χ1v) is 9.12. The Hall–Kier alpha value is -2.51. The zero-order chi connectivity index (χ0) is 20.4. The summed E-state index contributed by atoms with van der Waals surface area (Å²) in [6.07, 6.45) is 1.34. The van der Waals surface area contributed by atoms with Gasteiger partial charge in [0.25, 0.3) is 0 Å². The van der Waals surface area contributed by atoms with Gasteiger partial charge in [-0.05, 0) is 50.8 Å². The average molecular weight is 408 g/mol. The van der Waals surface area contributed by atoms with Gasteiger partial charge in [-0.25, -0.2) is 4.98 Å². The van der Waals surface area contributed by atoms with Gasteiger partial charge in [0, 0.05) is 10.6 Å². The Morgan fingerprint density at radius 1 is 1.29 bits per heavy atom. The SMILES string of the molecule is CC[C@H](c1nc2ccc(Cl)cc2n1-c1c(C=O)cccc1OC(F)F)N(C)C. The quantitative estimate of drug-likeness (QED) is 0.511. The van der Waals surface area contributed by atoms with Crippen molar-refractivity contribution in [2.24, 2.45) is 0 Å². The number of carbonyl (C=O) groups is 1. The number of hydrogen-bond acceptors (Lipinski definition) is 4. The lowest BCUT2D eigenvalue weighted by Crippen LogP contribution is -2.23. The lowest BCUT2D eigenvalue weighted by Gasteiger charge is -2.25. The van der Waals surface area contributed by atoms with Crippen molar-refractivity contribution in [3.63, 3.8) is 0 Å². The van der Waals surface area contributed by atoms with Gasteiger partial charge in [-0.1, -0.05) is 24.6 Å². The summed E-state index contributed by atoms with van der Waals surface area (Å²) >= 11 is 6.19. The van der Waals surface area contributed by atoms with Crippen molar-refractivity contribution >= 4 is 28.9 Å². The van der Waals surface area contributed by atoms with E-state index >= 15 is 0 Å². The van der Waals surface area contributed by atoms with Crippen LogP contribution < -0.4 is 4.74 Å². The van der Waals surface area contributed by atoms with Crippen LogP contribution in [0.3, 0.4) is 0 Å². The van der Waals surface area contributed by atoms with Crippen molar-refractivity contribution in [1.82, 2.24) is 14.5 Å². The second-order valence-electron chi connectivity index (χ2n) is 6.52. The van der Waals surface area contributed by atoms with Crippen LogP contribution in [-0.4, -0.2) is 41.4 Å². The van der Waals surface area contributed by atoms with Crippen LogP contribution in [0.1, 0.15) is 35.6 Å². The number of rotatable bonds is 7. The number of para-hydroxylation sites is 1. The predicted molar refractivity (Wildman–Crippen MR) is 105 cm³/mol. The first-order chi connectivity index (χ1) is 13.4. The fourth-order valence-electron chi connectivity index (χ4n) is 3.37. The molecule has 0 aliphatic heterocycles. The van der Waals surface area contributed by atoms with E-state index < -0.39 is 6.61 Å². The van der Waals surface area contributed by atoms with Gasteiger partial charge in [0.15, 0.2) is 12.0 Å². The first-order valence-electron chi connectivity index (χ1n) is 8.75. The van der Waals surface area contributed by atoms with E-state index in [0.717, 1.165) is 6.42 Å². The van der Waals surface area contributed by atoms with Crippen LogP contribution in [0.15, 0.2) is 36.4 Å². The number of benzene rings is 2. The topological polar surface area (TPSA) is 47.4 Å². The summed E-state index contributed by atoms with van der Waals surface area (Å²) in [5.41, 5.74) is 1.68. The molecule has 0 N–H and O–H groups in total. The number of imidazole rings is 1. The Morgan fingerprint density at radius 2 is 2.04 bits per heavy atom. The number of halogens is 3. The molecule has 5 nitrogen and oxygen atoms in total. The maximum absolute atomic E-state index is 13.0. The highest BCUT2D eigenvalue weighted by Crippen LogP contribution is 2.36. The maximum atomic E-state index is 13.0. The third-order valence-electron chi connectivity index (χ3n) is 4.55. The number of ether oxygens (including phenoxy) is 1. The summed E-state index contributed by atoms with van der Waals surface area (Å²) < 4.78 is 32.5. The Labute approximate surface area is 166 Å². The molecule has 0 aliphatic carbocycles. The molecule has 28 heavy (non-hydrogen) atoms. The number of aldehydes is 1. The fraction of sp³-hybridized carbons (Fsp3) is 0.300. The van der Waals surface area contributed by atoms with Crippen LogP contribution in [0, 0.1) is 0 Å². The third-order valence-corrected chi connectivity index (χ3v) is 4.78. The molecule has 0 radical (unpaired) electrons. The van der Waals surface area contributed by atoms with Gasteiger partial charge >= 0.3 is 6.61 Å². The third kappa shape index (κ3) is 3.72. The predicted octanol–water partition coefficient (Wildman–Crippen LogP) is 5.11. The molecule has 0 saturated carbocycles. The molecule has 148 valence electrons. The summed E-state index contributed by atoms with van der Waals surface area (Å²) in [4.78, 5) is 18.4. The standard InChI is InChI=1S/C20H20ClF2N3O2/c1-4-15(25(2)3)19-24-14-9-8-13(21)10-16(14)26(19)18-12(11-27)6-5-7-17(18)28-20(22)23/h5-11,15,20H,4H2,1-3H3/t15-/m1/s1. The minimum Gasteiger partial charge on any atom is -0.433 e. The lowest BCUT2D eigenvalue weighted by atomic mass is 10.1. The monoisotopic (exact) mass is 407 g/mol. The molecular formula is C20H20ClF2N3O2. The molecule has 2 aromatic carbocycles. The van der Waals surface area contributed by atoms with Crippen LogP contribution in [-0.2, 0) is 0 Å². The molecule has 1 aromatic heterocycles. The number of nitrogens with zero attached hydrogens (tertiary/aromatic N) is 3. The van der Waals surface area contributed by atoms with Crippen molar-refractivity contribution in [1.29, 1.82) is 0 Å². The Bertz CT molecular complexity index is 1000. The second kappa shape index (κ2) is 8.24. The van der Waals surface area contributed by atoms with E-state index in [0.29, 0.717) is 28.2 Å². The van der Waals surface area contributed by atoms with Crippen molar-refractivity contribution < 1.29 is 18.3 Å². The Kier molecular flexibility index (Phi) is 5.96. The normalized spacial score (nSPS) is 12.7. The van der Waals surface area contributed by atoms with Gasteiger partial charge in [0.1, 0.15) is 11.5 Å². The molecule has 3 aromatic rings. The van der Waals surface area contributed by atoms with Crippen molar-refractivity contribution in [2.45, 2.75) is 26.0 Å². The van der Waals surface area contributed by atoms with Crippen LogP contribution >= 0.6 is 11.6 Å². The minimum atomic E-state index is -3.03.